The van der Waals surface area contributed by atoms with Crippen LogP contribution in [0.4, 0.5) is 0 Å². The van der Waals surface area contributed by atoms with E-state index in [9.17, 15) is 5.11 Å². The molecule has 0 aliphatic rings. The molecule has 0 bridgehead atoms. The lowest BCUT2D eigenvalue weighted by Crippen LogP contribution is -2.16. The molecule has 0 saturated heterocycles. The Labute approximate surface area is 98.3 Å². The number of hydrogen-bond acceptors (Lipinski definition) is 2. The van der Waals surface area contributed by atoms with E-state index in [1.807, 2.05) is 13.0 Å². The monoisotopic (exact) mass is 222 g/mol. The van der Waals surface area contributed by atoms with Gasteiger partial charge in [-0.3, -0.25) is 0 Å². The van der Waals surface area contributed by atoms with Crippen molar-refractivity contribution in [3.05, 3.63) is 29.3 Å². The highest BCUT2D eigenvalue weighted by Crippen LogP contribution is 2.22. The van der Waals surface area contributed by atoms with E-state index >= 15 is 0 Å². The zero-order valence-electron chi connectivity index (χ0n) is 10.7. The maximum Gasteiger partial charge on any atom is 0.121 e. The van der Waals surface area contributed by atoms with Crippen molar-refractivity contribution >= 4 is 0 Å². The Morgan fingerprint density at radius 3 is 2.44 bits per heavy atom. The molecule has 1 atom stereocenters. The first-order valence-electron chi connectivity index (χ1n) is 5.82. The first kappa shape index (κ1) is 13.0. The van der Waals surface area contributed by atoms with Gasteiger partial charge in [-0.15, -0.1) is 0 Å². The summed E-state index contributed by atoms with van der Waals surface area (Å²) in [5.74, 6) is 1.77. The van der Waals surface area contributed by atoms with Gasteiger partial charge in [0.15, 0.2) is 0 Å². The minimum atomic E-state index is 0.253. The summed E-state index contributed by atoms with van der Waals surface area (Å²) in [6.07, 6.45) is 0.930. The maximum atomic E-state index is 9.30. The molecular formula is C14H22O2. The van der Waals surface area contributed by atoms with Gasteiger partial charge in [0.05, 0.1) is 7.11 Å². The van der Waals surface area contributed by atoms with Crippen molar-refractivity contribution in [1.82, 2.24) is 0 Å². The molecule has 0 aliphatic carbocycles. The van der Waals surface area contributed by atoms with Crippen LogP contribution in [-0.2, 0) is 6.42 Å². The van der Waals surface area contributed by atoms with Crippen molar-refractivity contribution in [3.8, 4) is 5.75 Å². The Morgan fingerprint density at radius 2 is 2.00 bits per heavy atom. The fourth-order valence-corrected chi connectivity index (χ4v) is 1.88. The number of ether oxygens (including phenoxy) is 1. The molecular weight excluding hydrogens is 200 g/mol. The van der Waals surface area contributed by atoms with Gasteiger partial charge < -0.3 is 9.84 Å². The van der Waals surface area contributed by atoms with Crippen LogP contribution in [0.25, 0.3) is 0 Å². The van der Waals surface area contributed by atoms with Crippen molar-refractivity contribution in [2.24, 2.45) is 11.8 Å². The molecule has 0 aromatic heterocycles. The molecule has 1 aromatic carbocycles. The van der Waals surface area contributed by atoms with E-state index in [1.54, 1.807) is 7.11 Å². The second-order valence-corrected chi connectivity index (χ2v) is 4.69. The molecule has 0 heterocycles. The average Bonchev–Trinajstić information content (AvgIpc) is 2.25. The average molecular weight is 222 g/mol. The number of aliphatic hydroxyl groups excluding tert-OH is 1. The van der Waals surface area contributed by atoms with Crippen LogP contribution in [0.15, 0.2) is 18.2 Å². The lowest BCUT2D eigenvalue weighted by molar-refractivity contribution is 0.189. The summed E-state index contributed by atoms with van der Waals surface area (Å²) in [6, 6.07) is 6.22. The molecule has 0 fully saturated rings. The van der Waals surface area contributed by atoms with Crippen molar-refractivity contribution in [2.75, 3.05) is 13.7 Å². The quantitative estimate of drug-likeness (QED) is 0.830. The molecule has 0 spiro atoms. The molecule has 0 saturated carbocycles. The third kappa shape index (κ3) is 3.24. The van der Waals surface area contributed by atoms with Gasteiger partial charge in [-0.1, -0.05) is 26.0 Å². The standard InChI is InChI=1S/C14H22O2/c1-10(2)13(9-15)8-12-5-6-14(16-4)11(3)7-12/h5-7,10,13,15H,8-9H2,1-4H3. The van der Waals surface area contributed by atoms with Gasteiger partial charge in [0, 0.05) is 6.61 Å². The molecule has 90 valence electrons. The van der Waals surface area contributed by atoms with Gasteiger partial charge in [-0.25, -0.2) is 0 Å². The number of benzene rings is 1. The summed E-state index contributed by atoms with van der Waals surface area (Å²) >= 11 is 0. The molecule has 1 rings (SSSR count). The maximum absolute atomic E-state index is 9.30. The predicted octanol–water partition coefficient (Wildman–Crippen LogP) is 2.81. The second kappa shape index (κ2) is 5.90. The molecule has 0 amide bonds. The largest absolute Gasteiger partial charge is 0.496 e. The highest BCUT2D eigenvalue weighted by molar-refractivity contribution is 5.36. The molecule has 2 heteroatoms. The fourth-order valence-electron chi connectivity index (χ4n) is 1.88. The minimum Gasteiger partial charge on any atom is -0.496 e. The molecule has 16 heavy (non-hydrogen) atoms. The fraction of sp³-hybridized carbons (Fsp3) is 0.571. The van der Waals surface area contributed by atoms with E-state index in [4.69, 9.17) is 4.74 Å². The summed E-state index contributed by atoms with van der Waals surface area (Å²) in [7, 11) is 1.69. The normalized spacial score (nSPS) is 12.9. The van der Waals surface area contributed by atoms with Gasteiger partial charge in [-0.2, -0.15) is 0 Å². The summed E-state index contributed by atoms with van der Waals surface area (Å²) in [6.45, 7) is 6.60. The molecule has 1 aromatic rings. The van der Waals surface area contributed by atoms with Gasteiger partial charge in [0.2, 0.25) is 0 Å². The topological polar surface area (TPSA) is 29.5 Å². The Bertz CT molecular complexity index is 332. The van der Waals surface area contributed by atoms with Crippen LogP contribution in [0.5, 0.6) is 5.75 Å². The van der Waals surface area contributed by atoms with Crippen molar-refractivity contribution < 1.29 is 9.84 Å². The highest BCUT2D eigenvalue weighted by atomic mass is 16.5. The van der Waals surface area contributed by atoms with Crippen LogP contribution in [0.3, 0.4) is 0 Å². The zero-order valence-corrected chi connectivity index (χ0v) is 10.7. The number of hydrogen-bond donors (Lipinski definition) is 1. The van der Waals surface area contributed by atoms with Crippen molar-refractivity contribution in [2.45, 2.75) is 27.2 Å². The van der Waals surface area contributed by atoms with Crippen LogP contribution in [0.1, 0.15) is 25.0 Å². The smallest absolute Gasteiger partial charge is 0.121 e. The van der Waals surface area contributed by atoms with Gasteiger partial charge in [0.1, 0.15) is 5.75 Å². The van der Waals surface area contributed by atoms with E-state index in [1.165, 1.54) is 5.56 Å². The number of rotatable bonds is 5. The Kier molecular flexibility index (Phi) is 4.81. The van der Waals surface area contributed by atoms with Crippen LogP contribution < -0.4 is 4.74 Å². The van der Waals surface area contributed by atoms with E-state index in [2.05, 4.69) is 26.0 Å². The van der Waals surface area contributed by atoms with Gasteiger partial charge in [-0.05, 0) is 42.4 Å². The molecule has 1 unspecified atom stereocenters. The molecule has 0 aliphatic heterocycles. The van der Waals surface area contributed by atoms with Crippen LogP contribution >= 0.6 is 0 Å². The molecule has 2 nitrogen and oxygen atoms in total. The SMILES string of the molecule is COc1ccc(CC(CO)C(C)C)cc1C. The van der Waals surface area contributed by atoms with Crippen molar-refractivity contribution in [1.29, 1.82) is 0 Å². The summed E-state index contributed by atoms with van der Waals surface area (Å²) in [5, 5.41) is 9.30. The lowest BCUT2D eigenvalue weighted by Gasteiger charge is -2.18. The van der Waals surface area contributed by atoms with E-state index in [0.717, 1.165) is 17.7 Å². The van der Waals surface area contributed by atoms with Gasteiger partial charge in [0.25, 0.3) is 0 Å². The Balaban J connectivity index is 2.78. The van der Waals surface area contributed by atoms with Crippen LogP contribution in [0.2, 0.25) is 0 Å². The Hall–Kier alpha value is -1.02. The Morgan fingerprint density at radius 1 is 1.31 bits per heavy atom. The second-order valence-electron chi connectivity index (χ2n) is 4.69. The van der Waals surface area contributed by atoms with E-state index in [0.29, 0.717) is 11.8 Å². The first-order chi connectivity index (χ1) is 7.58. The van der Waals surface area contributed by atoms with Crippen LogP contribution in [0, 0.1) is 18.8 Å². The van der Waals surface area contributed by atoms with E-state index in [-0.39, 0.29) is 6.61 Å². The predicted molar refractivity (Wildman–Crippen MR) is 66.8 cm³/mol. The summed E-state index contributed by atoms with van der Waals surface area (Å²) < 4.78 is 5.23. The molecule has 1 N–H and O–H groups in total. The van der Waals surface area contributed by atoms with Crippen molar-refractivity contribution in [3.63, 3.8) is 0 Å². The minimum absolute atomic E-state index is 0.253. The number of aliphatic hydroxyl groups is 1. The molecule has 0 radical (unpaired) electrons. The van der Waals surface area contributed by atoms with Crippen LogP contribution in [-0.4, -0.2) is 18.8 Å². The highest BCUT2D eigenvalue weighted by Gasteiger charge is 2.13. The van der Waals surface area contributed by atoms with Gasteiger partial charge >= 0.3 is 0 Å². The number of aryl methyl sites for hydroxylation is 1. The zero-order chi connectivity index (χ0) is 12.1. The number of methoxy groups -OCH3 is 1. The third-order valence-corrected chi connectivity index (χ3v) is 3.13. The summed E-state index contributed by atoms with van der Waals surface area (Å²) in [5.41, 5.74) is 2.42. The summed E-state index contributed by atoms with van der Waals surface area (Å²) in [4.78, 5) is 0. The first-order valence-corrected chi connectivity index (χ1v) is 5.82. The lowest BCUT2D eigenvalue weighted by atomic mass is 9.89. The van der Waals surface area contributed by atoms with E-state index < -0.39 is 0 Å². The third-order valence-electron chi connectivity index (χ3n) is 3.13.